The Bertz CT molecular complexity index is 2670. The predicted molar refractivity (Wildman–Crippen MR) is 227 cm³/mol. The number of pyridine rings is 2. The van der Waals surface area contributed by atoms with Gasteiger partial charge in [-0.05, 0) is 59.6 Å². The molecule has 21 heteroatoms. The van der Waals surface area contributed by atoms with Gasteiger partial charge in [0, 0.05) is 73.5 Å². The molecule has 8 rings (SSSR count). The van der Waals surface area contributed by atoms with Gasteiger partial charge in [-0.15, -0.1) is 0 Å². The van der Waals surface area contributed by atoms with Gasteiger partial charge in [-0.25, -0.2) is 17.6 Å². The van der Waals surface area contributed by atoms with Gasteiger partial charge >= 0.3 is 0 Å². The van der Waals surface area contributed by atoms with Crippen molar-refractivity contribution in [2.24, 2.45) is 0 Å². The van der Waals surface area contributed by atoms with Crippen LogP contribution in [0, 0.1) is 23.3 Å². The van der Waals surface area contributed by atoms with Crippen molar-refractivity contribution in [3.05, 3.63) is 138 Å². The summed E-state index contributed by atoms with van der Waals surface area (Å²) in [7, 11) is 0. The Hall–Kier alpha value is -7.16. The molecule has 4 amide bonds. The highest BCUT2D eigenvalue weighted by molar-refractivity contribution is 6.00. The van der Waals surface area contributed by atoms with Crippen LogP contribution in [-0.4, -0.2) is 102 Å². The maximum absolute atomic E-state index is 13.8. The van der Waals surface area contributed by atoms with Crippen LogP contribution in [0.2, 0.25) is 0 Å². The fraction of sp³-hybridized carbons (Fsp3) is 0.364. The largest absolute Gasteiger partial charge is 0.502 e. The zero-order valence-electron chi connectivity index (χ0n) is 36.0. The first-order valence-electron chi connectivity index (χ1n) is 20.7. The molecule has 6 heterocycles. The number of aliphatic hydroxyl groups is 1. The number of nitrogens with zero attached hydrogens (tertiary/aromatic N) is 6. The van der Waals surface area contributed by atoms with Gasteiger partial charge in [0.2, 0.25) is 10.9 Å². The van der Waals surface area contributed by atoms with E-state index >= 15 is 0 Å². The molecule has 17 nitrogen and oxygen atoms in total. The molecule has 65 heavy (non-hydrogen) atoms. The van der Waals surface area contributed by atoms with Gasteiger partial charge in [0.25, 0.3) is 23.6 Å². The minimum atomic E-state index is -1.01. The van der Waals surface area contributed by atoms with Crippen molar-refractivity contribution >= 4 is 23.6 Å². The van der Waals surface area contributed by atoms with E-state index in [1.165, 1.54) is 38.8 Å². The van der Waals surface area contributed by atoms with E-state index in [4.69, 9.17) is 5.11 Å². The Kier molecular flexibility index (Phi) is 14.0. The number of amides is 4. The second-order valence-electron chi connectivity index (χ2n) is 15.8. The minimum Gasteiger partial charge on any atom is -0.502 e. The quantitative estimate of drug-likeness (QED) is 0.140. The molecule has 4 bridgehead atoms. The van der Waals surface area contributed by atoms with Crippen LogP contribution in [0.4, 0.5) is 17.6 Å². The maximum Gasteiger partial charge on any atom is 0.278 e. The van der Waals surface area contributed by atoms with Crippen molar-refractivity contribution in [2.75, 3.05) is 30.0 Å². The zero-order valence-corrected chi connectivity index (χ0v) is 36.0. The van der Waals surface area contributed by atoms with E-state index in [1.54, 1.807) is 16.8 Å². The Morgan fingerprint density at radius 3 is 1.54 bits per heavy atom. The normalized spacial score (nSPS) is 19.4. The standard InChI is InChI=1S/C21H22F2N4O4.C21H20F2N4O4.C2H6O/c2*1-11-3-4-12(2)27-10-25(11)21(31)17-19(29)18(28)15(9-26(17)27)20(30)24-8-13-5-6-14(22)7-16(13)23;1-2-3/h5-7,9,11-12,29H,3-4,8,10H2,1-2H3,(H,24,30);3-7,9,11-12,29H,8,10H2,1-2H3,(H,24,30);3H,2H2,1H3/t2*11?,12-;/m00./s1. The lowest BCUT2D eigenvalue weighted by atomic mass is 10.1. The van der Waals surface area contributed by atoms with Gasteiger partial charge < -0.3 is 35.8 Å². The van der Waals surface area contributed by atoms with Crippen molar-refractivity contribution in [3.8, 4) is 11.5 Å². The molecular formula is C44H48F4N8O9. The van der Waals surface area contributed by atoms with Gasteiger partial charge in [0.1, 0.15) is 47.7 Å². The lowest BCUT2D eigenvalue weighted by molar-refractivity contribution is 0.0625. The highest BCUT2D eigenvalue weighted by atomic mass is 19.1. The van der Waals surface area contributed by atoms with E-state index in [9.17, 15) is 56.5 Å². The number of hydrogen-bond donors (Lipinski definition) is 5. The summed E-state index contributed by atoms with van der Waals surface area (Å²) in [5.41, 5.74) is -3.11. The monoisotopic (exact) mass is 908 g/mol. The molecule has 5 N–H and O–H groups in total. The number of carbonyl (C=O) groups excluding carboxylic acids is 4. The zero-order chi connectivity index (χ0) is 47.6. The van der Waals surface area contributed by atoms with Crippen LogP contribution < -0.4 is 31.5 Å². The third-order valence-electron chi connectivity index (χ3n) is 11.5. The van der Waals surface area contributed by atoms with Crippen LogP contribution in [0.1, 0.15) is 100 Å². The number of carbonyl (C=O) groups is 4. The van der Waals surface area contributed by atoms with Crippen molar-refractivity contribution in [1.82, 2.24) is 29.8 Å². The van der Waals surface area contributed by atoms with Crippen LogP contribution >= 0.6 is 0 Å². The van der Waals surface area contributed by atoms with Gasteiger partial charge in [0.15, 0.2) is 22.9 Å². The molecule has 2 aromatic heterocycles. The molecule has 0 saturated carbocycles. The number of benzene rings is 2. The summed E-state index contributed by atoms with van der Waals surface area (Å²) >= 11 is 0. The predicted octanol–water partition coefficient (Wildman–Crippen LogP) is 3.14. The van der Waals surface area contributed by atoms with Gasteiger partial charge in [0.05, 0.1) is 6.04 Å². The molecular weight excluding hydrogens is 861 g/mol. The first-order chi connectivity index (χ1) is 30.8. The van der Waals surface area contributed by atoms with E-state index in [0.29, 0.717) is 12.1 Å². The molecule has 346 valence electrons. The average molecular weight is 909 g/mol. The fourth-order valence-electron chi connectivity index (χ4n) is 7.67. The Labute approximate surface area is 369 Å². The molecule has 2 aromatic carbocycles. The number of aromatic hydroxyl groups is 2. The molecule has 1 fully saturated rings. The van der Waals surface area contributed by atoms with Crippen molar-refractivity contribution in [3.63, 3.8) is 0 Å². The topological polar surface area (TPSA) is 210 Å². The summed E-state index contributed by atoms with van der Waals surface area (Å²) in [5, 5.41) is 37.0. The summed E-state index contributed by atoms with van der Waals surface area (Å²) in [6.45, 7) is 9.39. The summed E-state index contributed by atoms with van der Waals surface area (Å²) in [6, 6.07) is 5.37. The molecule has 0 aliphatic carbocycles. The maximum atomic E-state index is 13.8. The van der Waals surface area contributed by atoms with Crippen molar-refractivity contribution < 1.29 is 52.1 Å². The van der Waals surface area contributed by atoms with E-state index in [2.05, 4.69) is 10.6 Å². The molecule has 4 aromatic rings. The first kappa shape index (κ1) is 47.3. The van der Waals surface area contributed by atoms with E-state index < -0.39 is 74.8 Å². The van der Waals surface area contributed by atoms with E-state index in [-0.39, 0.29) is 85.3 Å². The van der Waals surface area contributed by atoms with Crippen molar-refractivity contribution in [2.45, 2.75) is 84.7 Å². The summed E-state index contributed by atoms with van der Waals surface area (Å²) in [6.07, 6.45) is 7.72. The molecule has 1 saturated heterocycles. The Morgan fingerprint density at radius 1 is 0.646 bits per heavy atom. The molecule has 4 atom stereocenters. The highest BCUT2D eigenvalue weighted by Crippen LogP contribution is 2.29. The third-order valence-corrected chi connectivity index (χ3v) is 11.5. The first-order valence-corrected chi connectivity index (χ1v) is 20.7. The molecule has 4 aliphatic heterocycles. The molecule has 4 aliphatic rings. The number of rotatable bonds is 6. The van der Waals surface area contributed by atoms with E-state index in [1.807, 2.05) is 44.9 Å². The average Bonchev–Trinajstić information content (AvgIpc) is 3.48. The Morgan fingerprint density at radius 2 is 1.06 bits per heavy atom. The Balaban J connectivity index is 0.000000203. The second-order valence-corrected chi connectivity index (χ2v) is 15.8. The molecule has 0 spiro atoms. The van der Waals surface area contributed by atoms with Crippen molar-refractivity contribution in [1.29, 1.82) is 0 Å². The minimum absolute atomic E-state index is 0.00887. The number of aromatic nitrogens is 2. The summed E-state index contributed by atoms with van der Waals surface area (Å²) in [5.74, 6) is -7.51. The van der Waals surface area contributed by atoms with Crippen LogP contribution in [0.15, 0.2) is 70.5 Å². The second kappa shape index (κ2) is 19.3. The number of aliphatic hydroxyl groups excluding tert-OH is 1. The number of halogens is 4. The number of nitrogens with one attached hydrogen (secondary N) is 2. The summed E-state index contributed by atoms with van der Waals surface area (Å²) in [4.78, 5) is 79.6. The summed E-state index contributed by atoms with van der Waals surface area (Å²) < 4.78 is 56.4. The van der Waals surface area contributed by atoms with E-state index in [0.717, 1.165) is 25.0 Å². The van der Waals surface area contributed by atoms with Crippen LogP contribution in [0.25, 0.3) is 0 Å². The van der Waals surface area contributed by atoms with Crippen LogP contribution in [0.3, 0.4) is 0 Å². The molecule has 0 radical (unpaired) electrons. The third kappa shape index (κ3) is 9.40. The SMILES string of the molecule is CC1C=C[C@H](C)N2CN1C(=O)c1c(O)c(=O)c(C(=O)NCc3ccc(F)cc3F)cn12.CC1CC[C@H](C)N2CN1C(=O)c1c(O)c(=O)c(C(=O)NCc3ccc(F)cc3F)cn12.CCO. The van der Waals surface area contributed by atoms with Crippen LogP contribution in [-0.2, 0) is 13.1 Å². The van der Waals surface area contributed by atoms with Gasteiger partial charge in [-0.3, -0.25) is 48.1 Å². The molecule has 2 unspecified atom stereocenters. The van der Waals surface area contributed by atoms with Crippen LogP contribution in [0.5, 0.6) is 11.5 Å². The number of hydrogen-bond acceptors (Lipinski definition) is 11. The van der Waals surface area contributed by atoms with Gasteiger partial charge in [-0.1, -0.05) is 24.3 Å². The lowest BCUT2D eigenvalue weighted by Crippen LogP contribution is -2.57. The lowest BCUT2D eigenvalue weighted by Gasteiger charge is -2.41. The fourth-order valence-corrected chi connectivity index (χ4v) is 7.67. The number of fused-ring (bicyclic) bond motifs is 8. The smallest absolute Gasteiger partial charge is 0.278 e. The highest BCUT2D eigenvalue weighted by Gasteiger charge is 2.41. The van der Waals surface area contributed by atoms with Gasteiger partial charge in [-0.2, -0.15) is 0 Å².